The molecule has 0 aliphatic rings. The fourth-order valence-corrected chi connectivity index (χ4v) is 3.86. The van der Waals surface area contributed by atoms with Crippen molar-refractivity contribution in [2.45, 2.75) is 51.7 Å². The summed E-state index contributed by atoms with van der Waals surface area (Å²) in [5, 5.41) is 3.38. The number of thiophene rings is 1. The number of rotatable bonds is 5. The first-order chi connectivity index (χ1) is 10.3. The van der Waals surface area contributed by atoms with Crippen molar-refractivity contribution < 1.29 is 4.79 Å². The molecule has 2 aromatic heterocycles. The van der Waals surface area contributed by atoms with E-state index in [4.69, 9.17) is 0 Å². The van der Waals surface area contributed by atoms with Gasteiger partial charge in [-0.05, 0) is 40.2 Å². The van der Waals surface area contributed by atoms with E-state index in [-0.39, 0.29) is 22.8 Å². The van der Waals surface area contributed by atoms with Gasteiger partial charge in [0.2, 0.25) is 5.91 Å². The number of aryl methyl sites for hydroxylation is 2. The third-order valence-electron chi connectivity index (χ3n) is 3.36. The van der Waals surface area contributed by atoms with E-state index in [1.54, 1.807) is 0 Å². The number of aromatic nitrogens is 2. The molecule has 0 saturated heterocycles. The van der Waals surface area contributed by atoms with E-state index in [9.17, 15) is 9.59 Å². The molecule has 2 rings (SSSR count). The summed E-state index contributed by atoms with van der Waals surface area (Å²) in [7, 11) is 0. The quantitative estimate of drug-likeness (QED) is 0.878. The molecule has 0 fully saturated rings. The zero-order valence-corrected chi connectivity index (χ0v) is 15.1. The van der Waals surface area contributed by atoms with Crippen LogP contribution in [-0.2, 0) is 10.5 Å². The van der Waals surface area contributed by atoms with Gasteiger partial charge in [0, 0.05) is 10.9 Å². The molecule has 0 unspecified atom stereocenters. The minimum atomic E-state index is -0.185. The molecular weight excluding hydrogens is 318 g/mol. The molecule has 2 aromatic rings. The number of H-pyrrole nitrogens is 1. The van der Waals surface area contributed by atoms with Gasteiger partial charge < -0.3 is 10.3 Å². The van der Waals surface area contributed by atoms with E-state index in [1.807, 2.05) is 34.6 Å². The lowest BCUT2D eigenvalue weighted by molar-refractivity contribution is -0.120. The van der Waals surface area contributed by atoms with E-state index in [2.05, 4.69) is 15.3 Å². The zero-order chi connectivity index (χ0) is 16.4. The summed E-state index contributed by atoms with van der Waals surface area (Å²) in [6.45, 7) is 9.66. The molecule has 7 heteroatoms. The van der Waals surface area contributed by atoms with E-state index in [0.717, 1.165) is 15.3 Å². The lowest BCUT2D eigenvalue weighted by atomic mass is 10.2. The maximum absolute atomic E-state index is 12.2. The SMILES string of the molecule is Cc1sc2nc(CS[C@H](C)C(=O)NC(C)C)[nH]c(=O)c2c1C. The standard InChI is InChI=1S/C15H21N3O2S2/c1-7(2)16-13(19)10(5)21-6-11-17-14(20)12-8(3)9(4)22-15(12)18-11/h7,10H,6H2,1-5H3,(H,16,19)(H,17,18,20)/t10-/m1/s1. The van der Waals surface area contributed by atoms with Crippen LogP contribution in [0.4, 0.5) is 0 Å². The molecule has 0 aromatic carbocycles. The highest BCUT2D eigenvalue weighted by Crippen LogP contribution is 2.26. The lowest BCUT2D eigenvalue weighted by Gasteiger charge is -2.13. The van der Waals surface area contributed by atoms with Crippen molar-refractivity contribution in [2.75, 3.05) is 0 Å². The smallest absolute Gasteiger partial charge is 0.259 e. The number of carbonyl (C=O) groups excluding carboxylic acids is 1. The molecule has 0 radical (unpaired) electrons. The average Bonchev–Trinajstić information content (AvgIpc) is 2.70. The molecule has 0 spiro atoms. The van der Waals surface area contributed by atoms with Crippen LogP contribution in [0, 0.1) is 13.8 Å². The van der Waals surface area contributed by atoms with Crippen LogP contribution in [0.2, 0.25) is 0 Å². The molecule has 0 bridgehead atoms. The summed E-state index contributed by atoms with van der Waals surface area (Å²) < 4.78 is 0. The van der Waals surface area contributed by atoms with Gasteiger partial charge in [0.1, 0.15) is 10.7 Å². The highest BCUT2D eigenvalue weighted by molar-refractivity contribution is 7.99. The number of hydrogen-bond acceptors (Lipinski definition) is 5. The van der Waals surface area contributed by atoms with Crippen molar-refractivity contribution in [2.24, 2.45) is 0 Å². The largest absolute Gasteiger partial charge is 0.353 e. The lowest BCUT2D eigenvalue weighted by Crippen LogP contribution is -2.36. The monoisotopic (exact) mass is 339 g/mol. The molecule has 0 aliphatic carbocycles. The number of hydrogen-bond donors (Lipinski definition) is 2. The molecule has 0 saturated carbocycles. The second kappa shape index (κ2) is 6.83. The van der Waals surface area contributed by atoms with Gasteiger partial charge >= 0.3 is 0 Å². The van der Waals surface area contributed by atoms with Gasteiger partial charge in [-0.2, -0.15) is 0 Å². The Morgan fingerprint density at radius 1 is 1.36 bits per heavy atom. The van der Waals surface area contributed by atoms with Crippen LogP contribution in [-0.4, -0.2) is 27.2 Å². The Hall–Kier alpha value is -1.34. The number of carbonyl (C=O) groups is 1. The summed E-state index contributed by atoms with van der Waals surface area (Å²) in [6.07, 6.45) is 0. The van der Waals surface area contributed by atoms with Crippen molar-refractivity contribution in [3.8, 4) is 0 Å². The molecule has 2 heterocycles. The molecule has 22 heavy (non-hydrogen) atoms. The number of aromatic amines is 1. The van der Waals surface area contributed by atoms with Crippen molar-refractivity contribution in [3.05, 3.63) is 26.6 Å². The maximum atomic E-state index is 12.2. The molecule has 120 valence electrons. The number of nitrogens with one attached hydrogen (secondary N) is 2. The van der Waals surface area contributed by atoms with Crippen LogP contribution in [0.25, 0.3) is 10.2 Å². The van der Waals surface area contributed by atoms with Crippen molar-refractivity contribution in [3.63, 3.8) is 0 Å². The summed E-state index contributed by atoms with van der Waals surface area (Å²) >= 11 is 3.00. The fraction of sp³-hybridized carbons (Fsp3) is 0.533. The first-order valence-corrected chi connectivity index (χ1v) is 9.07. The van der Waals surface area contributed by atoms with E-state index < -0.39 is 0 Å². The van der Waals surface area contributed by atoms with E-state index in [1.165, 1.54) is 23.1 Å². The Morgan fingerprint density at radius 3 is 2.68 bits per heavy atom. The third-order valence-corrected chi connectivity index (χ3v) is 5.61. The molecule has 0 aliphatic heterocycles. The normalized spacial score (nSPS) is 12.8. The molecule has 5 nitrogen and oxygen atoms in total. The maximum Gasteiger partial charge on any atom is 0.259 e. The van der Waals surface area contributed by atoms with Gasteiger partial charge in [-0.15, -0.1) is 23.1 Å². The second-order valence-electron chi connectivity index (χ2n) is 5.59. The van der Waals surface area contributed by atoms with Crippen molar-refractivity contribution >= 4 is 39.2 Å². The topological polar surface area (TPSA) is 74.8 Å². The summed E-state index contributed by atoms with van der Waals surface area (Å²) in [5.74, 6) is 1.13. The van der Waals surface area contributed by atoms with Crippen molar-refractivity contribution in [1.29, 1.82) is 0 Å². The van der Waals surface area contributed by atoms with Crippen molar-refractivity contribution in [1.82, 2.24) is 15.3 Å². The summed E-state index contributed by atoms with van der Waals surface area (Å²) in [4.78, 5) is 33.3. The van der Waals surface area contributed by atoms with Gasteiger partial charge in [-0.3, -0.25) is 9.59 Å². The number of fused-ring (bicyclic) bond motifs is 1. The Balaban J connectivity index is 2.13. The molecular formula is C15H21N3O2S2. The Bertz CT molecular complexity index is 749. The predicted octanol–water partition coefficient (Wildman–Crippen LogP) is 2.75. The summed E-state index contributed by atoms with van der Waals surface area (Å²) in [5.41, 5.74) is 0.902. The number of thioether (sulfide) groups is 1. The Kier molecular flexibility index (Phi) is 5.28. The van der Waals surface area contributed by atoms with Gasteiger partial charge in [0.15, 0.2) is 0 Å². The van der Waals surface area contributed by atoms with Crippen LogP contribution in [0.1, 0.15) is 37.0 Å². The first kappa shape index (κ1) is 17.0. The van der Waals surface area contributed by atoms with E-state index in [0.29, 0.717) is 17.0 Å². The molecule has 1 amide bonds. The van der Waals surface area contributed by atoms with E-state index >= 15 is 0 Å². The van der Waals surface area contributed by atoms with Crippen LogP contribution in [0.5, 0.6) is 0 Å². The Labute approximate surface area is 137 Å². The van der Waals surface area contributed by atoms with Gasteiger partial charge in [0.25, 0.3) is 5.56 Å². The zero-order valence-electron chi connectivity index (χ0n) is 13.4. The summed E-state index contributed by atoms with van der Waals surface area (Å²) in [6, 6.07) is 0.127. The van der Waals surface area contributed by atoms with Gasteiger partial charge in [-0.1, -0.05) is 0 Å². The van der Waals surface area contributed by atoms with Gasteiger partial charge in [0.05, 0.1) is 16.4 Å². The van der Waals surface area contributed by atoms with Crippen LogP contribution in [0.15, 0.2) is 4.79 Å². The van der Waals surface area contributed by atoms with Crippen LogP contribution < -0.4 is 10.9 Å². The first-order valence-electron chi connectivity index (χ1n) is 7.20. The average molecular weight is 339 g/mol. The van der Waals surface area contributed by atoms with Gasteiger partial charge in [-0.25, -0.2) is 4.98 Å². The fourth-order valence-electron chi connectivity index (χ4n) is 2.05. The number of amides is 1. The second-order valence-corrected chi connectivity index (χ2v) is 8.12. The predicted molar refractivity (Wildman–Crippen MR) is 93.8 cm³/mol. The van der Waals surface area contributed by atoms with Crippen LogP contribution >= 0.6 is 23.1 Å². The number of nitrogens with zero attached hydrogens (tertiary/aromatic N) is 1. The minimum Gasteiger partial charge on any atom is -0.353 e. The third kappa shape index (κ3) is 3.70. The molecule has 1 atom stereocenters. The highest BCUT2D eigenvalue weighted by atomic mass is 32.2. The minimum absolute atomic E-state index is 0.00578. The Morgan fingerprint density at radius 2 is 2.05 bits per heavy atom. The highest BCUT2D eigenvalue weighted by Gasteiger charge is 2.16. The van der Waals surface area contributed by atoms with Crippen LogP contribution in [0.3, 0.4) is 0 Å². The molecule has 2 N–H and O–H groups in total.